The third-order valence-electron chi connectivity index (χ3n) is 4.90. The number of carbonyl (C=O) groups excluding carboxylic acids is 1. The van der Waals surface area contributed by atoms with Crippen LogP contribution in [0.25, 0.3) is 11.2 Å². The fourth-order valence-corrected chi connectivity index (χ4v) is 3.49. The van der Waals surface area contributed by atoms with Gasteiger partial charge in [-0.25, -0.2) is 19.2 Å². The number of aromatic nitrogens is 4. The molecule has 7 nitrogen and oxygen atoms in total. The van der Waals surface area contributed by atoms with E-state index in [0.29, 0.717) is 30.7 Å². The number of aryl methyl sites for hydroxylation is 1. The van der Waals surface area contributed by atoms with E-state index in [4.69, 9.17) is 0 Å². The molecule has 0 aliphatic carbocycles. The Morgan fingerprint density at radius 1 is 1.31 bits per heavy atom. The quantitative estimate of drug-likeness (QED) is 0.710. The van der Waals surface area contributed by atoms with Crippen LogP contribution in [0.4, 0.5) is 4.39 Å². The summed E-state index contributed by atoms with van der Waals surface area (Å²) < 4.78 is 16.2. The van der Waals surface area contributed by atoms with Gasteiger partial charge in [-0.2, -0.15) is 0 Å². The molecule has 0 saturated carbocycles. The number of benzene rings is 1. The Balaban J connectivity index is 1.54. The molecule has 0 bridgehead atoms. The SMILES string of the molecule is Cn1c(=O)n([C@@H]2CCN(C(=O)Cc3ccc(F)cc3)C2)c2ncncc21. The highest BCUT2D eigenvalue weighted by atomic mass is 19.1. The topological polar surface area (TPSA) is 73.0 Å². The first-order valence-corrected chi connectivity index (χ1v) is 8.43. The molecule has 26 heavy (non-hydrogen) atoms. The molecule has 3 aromatic rings. The minimum absolute atomic E-state index is 0.0259. The zero-order valence-electron chi connectivity index (χ0n) is 14.3. The van der Waals surface area contributed by atoms with Crippen molar-refractivity contribution in [2.24, 2.45) is 7.05 Å². The maximum Gasteiger partial charge on any atom is 0.330 e. The van der Waals surface area contributed by atoms with Crippen molar-refractivity contribution >= 4 is 17.1 Å². The van der Waals surface area contributed by atoms with Gasteiger partial charge in [0.25, 0.3) is 0 Å². The van der Waals surface area contributed by atoms with Gasteiger partial charge in [-0.05, 0) is 24.1 Å². The van der Waals surface area contributed by atoms with Crippen LogP contribution in [-0.2, 0) is 18.3 Å². The molecule has 0 spiro atoms. The Morgan fingerprint density at radius 3 is 2.85 bits per heavy atom. The van der Waals surface area contributed by atoms with Gasteiger partial charge in [-0.1, -0.05) is 12.1 Å². The van der Waals surface area contributed by atoms with Crippen LogP contribution >= 0.6 is 0 Å². The fraction of sp³-hybridized carbons (Fsp3) is 0.333. The second kappa shape index (κ2) is 6.36. The van der Waals surface area contributed by atoms with Gasteiger partial charge in [0.1, 0.15) is 17.7 Å². The van der Waals surface area contributed by atoms with Crippen molar-refractivity contribution in [3.63, 3.8) is 0 Å². The predicted octanol–water partition coefficient (Wildman–Crippen LogP) is 1.29. The van der Waals surface area contributed by atoms with E-state index in [2.05, 4.69) is 9.97 Å². The zero-order valence-corrected chi connectivity index (χ0v) is 14.3. The molecule has 8 heteroatoms. The van der Waals surface area contributed by atoms with E-state index in [1.54, 1.807) is 34.8 Å². The van der Waals surface area contributed by atoms with Gasteiger partial charge in [0.15, 0.2) is 5.65 Å². The second-order valence-corrected chi connectivity index (χ2v) is 6.53. The van der Waals surface area contributed by atoms with Crippen LogP contribution in [0.3, 0.4) is 0 Å². The average Bonchev–Trinajstić information content (AvgIpc) is 3.21. The molecule has 2 aromatic heterocycles. The molecule has 0 N–H and O–H groups in total. The van der Waals surface area contributed by atoms with E-state index in [-0.39, 0.29) is 29.9 Å². The number of carbonyl (C=O) groups is 1. The molecule has 1 aliphatic rings. The van der Waals surface area contributed by atoms with Gasteiger partial charge in [-0.15, -0.1) is 0 Å². The Bertz CT molecular complexity index is 1020. The van der Waals surface area contributed by atoms with E-state index < -0.39 is 0 Å². The highest BCUT2D eigenvalue weighted by Gasteiger charge is 2.30. The number of likely N-dealkylation sites (tertiary alicyclic amines) is 1. The van der Waals surface area contributed by atoms with E-state index >= 15 is 0 Å². The number of halogens is 1. The summed E-state index contributed by atoms with van der Waals surface area (Å²) in [7, 11) is 1.69. The van der Waals surface area contributed by atoms with Gasteiger partial charge in [0.2, 0.25) is 5.91 Å². The lowest BCUT2D eigenvalue weighted by Gasteiger charge is -2.17. The molecule has 4 rings (SSSR count). The van der Waals surface area contributed by atoms with Crippen molar-refractivity contribution in [1.82, 2.24) is 24.0 Å². The normalized spacial score (nSPS) is 17.2. The van der Waals surface area contributed by atoms with Gasteiger partial charge in [-0.3, -0.25) is 13.9 Å². The smallest absolute Gasteiger partial charge is 0.330 e. The fourth-order valence-electron chi connectivity index (χ4n) is 3.49. The molecule has 3 heterocycles. The number of imidazole rings is 1. The summed E-state index contributed by atoms with van der Waals surface area (Å²) >= 11 is 0. The van der Waals surface area contributed by atoms with Gasteiger partial charge in [0.05, 0.1) is 18.7 Å². The lowest BCUT2D eigenvalue weighted by molar-refractivity contribution is -0.129. The number of hydrogen-bond acceptors (Lipinski definition) is 4. The maximum absolute atomic E-state index is 13.0. The summed E-state index contributed by atoms with van der Waals surface area (Å²) in [6, 6.07) is 5.83. The molecule has 134 valence electrons. The Kier molecular flexibility index (Phi) is 4.02. The minimum Gasteiger partial charge on any atom is -0.340 e. The lowest BCUT2D eigenvalue weighted by atomic mass is 10.1. The monoisotopic (exact) mass is 355 g/mol. The second-order valence-electron chi connectivity index (χ2n) is 6.53. The molecule has 1 fully saturated rings. The van der Waals surface area contributed by atoms with E-state index in [9.17, 15) is 14.0 Å². The van der Waals surface area contributed by atoms with Crippen LogP contribution in [0, 0.1) is 5.82 Å². The molecule has 1 amide bonds. The summed E-state index contributed by atoms with van der Waals surface area (Å²) in [5.41, 5.74) is 1.88. The lowest BCUT2D eigenvalue weighted by Crippen LogP contribution is -2.32. The molecule has 1 aromatic carbocycles. The predicted molar refractivity (Wildman–Crippen MR) is 93.1 cm³/mol. The number of nitrogens with zero attached hydrogens (tertiary/aromatic N) is 5. The summed E-state index contributed by atoms with van der Waals surface area (Å²) in [6.45, 7) is 1.04. The largest absolute Gasteiger partial charge is 0.340 e. The Labute approximate surface area is 148 Å². The molecular formula is C18H18FN5O2. The number of amides is 1. The first kappa shape index (κ1) is 16.4. The van der Waals surface area contributed by atoms with Crippen molar-refractivity contribution in [2.75, 3.05) is 13.1 Å². The highest BCUT2D eigenvalue weighted by molar-refractivity contribution is 5.79. The van der Waals surface area contributed by atoms with Crippen LogP contribution < -0.4 is 5.69 Å². The minimum atomic E-state index is -0.320. The molecule has 1 atom stereocenters. The molecule has 1 aliphatic heterocycles. The van der Waals surface area contributed by atoms with E-state index in [1.165, 1.54) is 23.0 Å². The highest BCUT2D eigenvalue weighted by Crippen LogP contribution is 2.24. The van der Waals surface area contributed by atoms with Crippen molar-refractivity contribution in [1.29, 1.82) is 0 Å². The molecular weight excluding hydrogens is 337 g/mol. The van der Waals surface area contributed by atoms with E-state index in [0.717, 1.165) is 5.56 Å². The zero-order chi connectivity index (χ0) is 18.3. The van der Waals surface area contributed by atoms with Crippen LogP contribution in [0.2, 0.25) is 0 Å². The van der Waals surface area contributed by atoms with Crippen LogP contribution in [0.15, 0.2) is 41.6 Å². The van der Waals surface area contributed by atoms with Crippen LogP contribution in [0.5, 0.6) is 0 Å². The third kappa shape index (κ3) is 2.77. The number of hydrogen-bond donors (Lipinski definition) is 0. The first-order chi connectivity index (χ1) is 12.5. The maximum atomic E-state index is 13.0. The number of fused-ring (bicyclic) bond motifs is 1. The van der Waals surface area contributed by atoms with Crippen LogP contribution in [-0.4, -0.2) is 43.0 Å². The van der Waals surface area contributed by atoms with Gasteiger partial charge >= 0.3 is 5.69 Å². The van der Waals surface area contributed by atoms with Crippen LogP contribution in [0.1, 0.15) is 18.0 Å². The summed E-state index contributed by atoms with van der Waals surface area (Å²) in [5.74, 6) is -0.346. The van der Waals surface area contributed by atoms with Gasteiger partial charge < -0.3 is 4.90 Å². The Morgan fingerprint density at radius 2 is 2.08 bits per heavy atom. The third-order valence-corrected chi connectivity index (χ3v) is 4.90. The summed E-state index contributed by atoms with van der Waals surface area (Å²) in [4.78, 5) is 35.1. The van der Waals surface area contributed by atoms with Crippen molar-refractivity contribution < 1.29 is 9.18 Å². The summed E-state index contributed by atoms with van der Waals surface area (Å²) in [6.07, 6.45) is 3.95. The van der Waals surface area contributed by atoms with Gasteiger partial charge in [0, 0.05) is 20.1 Å². The number of rotatable bonds is 3. The Hall–Kier alpha value is -3.03. The van der Waals surface area contributed by atoms with Crippen molar-refractivity contribution in [3.05, 3.63) is 58.7 Å². The average molecular weight is 355 g/mol. The molecule has 0 radical (unpaired) electrons. The molecule has 0 unspecified atom stereocenters. The van der Waals surface area contributed by atoms with E-state index in [1.807, 2.05) is 0 Å². The molecule has 1 saturated heterocycles. The standard InChI is InChI=1S/C18H18FN5O2/c1-22-15-9-20-11-21-17(15)24(18(22)26)14-6-7-23(10-14)16(25)8-12-2-4-13(19)5-3-12/h2-5,9,11,14H,6-8,10H2,1H3/t14-/m1/s1. The van der Waals surface area contributed by atoms with Crippen molar-refractivity contribution in [2.45, 2.75) is 18.9 Å². The first-order valence-electron chi connectivity index (χ1n) is 8.43. The summed E-state index contributed by atoms with van der Waals surface area (Å²) in [5, 5.41) is 0. The van der Waals surface area contributed by atoms with Crippen molar-refractivity contribution in [3.8, 4) is 0 Å².